The summed E-state index contributed by atoms with van der Waals surface area (Å²) in [5.41, 5.74) is 2.28. The first kappa shape index (κ1) is 16.7. The number of benzene rings is 1. The molecule has 24 heavy (non-hydrogen) atoms. The number of nitrogens with zero attached hydrogens (tertiary/aromatic N) is 1. The highest BCUT2D eigenvalue weighted by molar-refractivity contribution is 5.57. The minimum absolute atomic E-state index is 0.0985. The molecule has 126 valence electrons. The molecule has 0 unspecified atom stereocenters. The second-order valence-corrected chi connectivity index (χ2v) is 5.87. The Kier molecular flexibility index (Phi) is 5.99. The van der Waals surface area contributed by atoms with Crippen LogP contribution in [-0.4, -0.2) is 31.3 Å². The Hall–Kier alpha value is -2.17. The maximum atomic E-state index is 5.99. The fourth-order valence-corrected chi connectivity index (χ4v) is 3.08. The van der Waals surface area contributed by atoms with Gasteiger partial charge in [-0.05, 0) is 36.6 Å². The van der Waals surface area contributed by atoms with Gasteiger partial charge in [0.25, 0.3) is 0 Å². The lowest BCUT2D eigenvalue weighted by atomic mass is 9.96. The first-order valence-electron chi connectivity index (χ1n) is 8.43. The smallest absolute Gasteiger partial charge is 0.126 e. The summed E-state index contributed by atoms with van der Waals surface area (Å²) in [6.45, 7) is 1.62. The first-order valence-corrected chi connectivity index (χ1v) is 8.43. The third kappa shape index (κ3) is 4.22. The molecule has 1 aromatic heterocycles. The van der Waals surface area contributed by atoms with E-state index in [9.17, 15) is 0 Å². The molecule has 1 saturated heterocycles. The number of pyridine rings is 1. The Labute approximate surface area is 143 Å². The van der Waals surface area contributed by atoms with E-state index in [1.165, 1.54) is 5.56 Å². The van der Waals surface area contributed by atoms with Gasteiger partial charge < -0.3 is 14.8 Å². The zero-order valence-electron chi connectivity index (χ0n) is 14.0. The highest BCUT2D eigenvalue weighted by atomic mass is 16.5. The van der Waals surface area contributed by atoms with Gasteiger partial charge in [-0.2, -0.15) is 0 Å². The Bertz CT molecular complexity index is 658. The summed E-state index contributed by atoms with van der Waals surface area (Å²) in [6.07, 6.45) is 10.2. The van der Waals surface area contributed by atoms with Crippen LogP contribution in [0.4, 0.5) is 0 Å². The number of hydrogen-bond acceptors (Lipinski definition) is 4. The molecule has 0 radical (unpaired) electrons. The van der Waals surface area contributed by atoms with E-state index in [1.54, 1.807) is 7.11 Å². The molecule has 2 aromatic rings. The molecule has 1 aliphatic rings. The van der Waals surface area contributed by atoms with E-state index in [0.717, 1.165) is 37.3 Å². The predicted octanol–water partition coefficient (Wildman–Crippen LogP) is 3.61. The highest BCUT2D eigenvalue weighted by Crippen LogP contribution is 2.28. The van der Waals surface area contributed by atoms with Gasteiger partial charge in [0, 0.05) is 37.2 Å². The molecule has 2 atom stereocenters. The number of para-hydroxylation sites is 1. The number of nitrogens with one attached hydrogen (secondary N) is 1. The minimum Gasteiger partial charge on any atom is -0.496 e. The van der Waals surface area contributed by atoms with Crippen LogP contribution >= 0.6 is 0 Å². The Morgan fingerprint density at radius 3 is 2.92 bits per heavy atom. The quantitative estimate of drug-likeness (QED) is 0.881. The molecule has 1 fully saturated rings. The molecule has 0 aliphatic carbocycles. The fourth-order valence-electron chi connectivity index (χ4n) is 3.08. The summed E-state index contributed by atoms with van der Waals surface area (Å²) >= 11 is 0. The van der Waals surface area contributed by atoms with Gasteiger partial charge in [0.05, 0.1) is 13.2 Å². The number of aromatic nitrogens is 1. The molecule has 0 saturated carbocycles. The largest absolute Gasteiger partial charge is 0.496 e. The highest BCUT2D eigenvalue weighted by Gasteiger charge is 2.26. The van der Waals surface area contributed by atoms with E-state index < -0.39 is 0 Å². The van der Waals surface area contributed by atoms with Crippen molar-refractivity contribution in [2.75, 3.05) is 20.3 Å². The van der Waals surface area contributed by atoms with E-state index in [2.05, 4.69) is 28.5 Å². The molecule has 4 nitrogen and oxygen atoms in total. The second-order valence-electron chi connectivity index (χ2n) is 5.87. The number of rotatable bonds is 6. The van der Waals surface area contributed by atoms with Crippen LogP contribution in [-0.2, 0) is 4.74 Å². The number of hydrogen-bond donors (Lipinski definition) is 1. The lowest BCUT2D eigenvalue weighted by Gasteiger charge is -2.32. The van der Waals surface area contributed by atoms with Crippen LogP contribution in [0.1, 0.15) is 30.1 Å². The molecular formula is C20H24N2O2. The molecule has 0 bridgehead atoms. The van der Waals surface area contributed by atoms with Gasteiger partial charge in [0.15, 0.2) is 0 Å². The molecule has 1 aliphatic heterocycles. The van der Waals surface area contributed by atoms with Crippen molar-refractivity contribution < 1.29 is 9.47 Å². The number of methoxy groups -OCH3 is 1. The Morgan fingerprint density at radius 1 is 1.25 bits per heavy atom. The minimum atomic E-state index is 0.0985. The van der Waals surface area contributed by atoms with Gasteiger partial charge in [-0.3, -0.25) is 4.98 Å². The van der Waals surface area contributed by atoms with Crippen molar-refractivity contribution in [2.45, 2.75) is 25.0 Å². The van der Waals surface area contributed by atoms with Gasteiger partial charge >= 0.3 is 0 Å². The van der Waals surface area contributed by atoms with Crippen LogP contribution in [0.3, 0.4) is 0 Å². The normalized spacial score (nSPS) is 21.0. The number of ether oxygens (including phenoxy) is 2. The molecule has 4 heteroatoms. The van der Waals surface area contributed by atoms with Crippen LogP contribution in [0.15, 0.2) is 54.9 Å². The van der Waals surface area contributed by atoms with Crippen LogP contribution in [0.2, 0.25) is 0 Å². The standard InChI is InChI=1S/C20H24N2O2/c1-23-19-9-3-2-6-16(19)7-4-12-22-18-8-5-15-24-20(18)17-10-13-21-14-11-17/h2-4,6-7,9-11,13-14,18,20,22H,5,8,12,15H2,1H3/b7-4+/t18-,20+/m0/s1. The maximum absolute atomic E-state index is 5.99. The average molecular weight is 324 g/mol. The molecule has 1 aromatic carbocycles. The summed E-state index contributed by atoms with van der Waals surface area (Å²) in [6, 6.07) is 12.4. The molecule has 2 heterocycles. The van der Waals surface area contributed by atoms with Gasteiger partial charge in [-0.15, -0.1) is 0 Å². The SMILES string of the molecule is COc1ccccc1/C=C/CN[C@H]1CCCO[C@@H]1c1ccncc1. The Balaban J connectivity index is 1.59. The van der Waals surface area contributed by atoms with Crippen LogP contribution in [0, 0.1) is 0 Å². The van der Waals surface area contributed by atoms with Gasteiger partial charge in [0.1, 0.15) is 5.75 Å². The van der Waals surface area contributed by atoms with Crippen molar-refractivity contribution in [2.24, 2.45) is 0 Å². The van der Waals surface area contributed by atoms with Gasteiger partial charge in [-0.1, -0.05) is 30.4 Å². The maximum Gasteiger partial charge on any atom is 0.126 e. The van der Waals surface area contributed by atoms with E-state index in [-0.39, 0.29) is 6.10 Å². The van der Waals surface area contributed by atoms with Crippen molar-refractivity contribution in [1.29, 1.82) is 0 Å². The Morgan fingerprint density at radius 2 is 2.08 bits per heavy atom. The van der Waals surface area contributed by atoms with Gasteiger partial charge in [0.2, 0.25) is 0 Å². The zero-order valence-corrected chi connectivity index (χ0v) is 14.0. The monoisotopic (exact) mass is 324 g/mol. The summed E-state index contributed by atoms with van der Waals surface area (Å²) in [5, 5.41) is 3.60. The molecule has 1 N–H and O–H groups in total. The third-order valence-electron chi connectivity index (χ3n) is 4.29. The summed E-state index contributed by atoms with van der Waals surface area (Å²) in [5.74, 6) is 0.893. The lowest BCUT2D eigenvalue weighted by Crippen LogP contribution is -2.39. The van der Waals surface area contributed by atoms with Crippen LogP contribution in [0.5, 0.6) is 5.75 Å². The van der Waals surface area contributed by atoms with Crippen LogP contribution in [0.25, 0.3) is 6.08 Å². The van der Waals surface area contributed by atoms with Crippen molar-refractivity contribution in [3.63, 3.8) is 0 Å². The molecule has 3 rings (SSSR count). The third-order valence-corrected chi connectivity index (χ3v) is 4.29. The predicted molar refractivity (Wildman–Crippen MR) is 96.0 cm³/mol. The summed E-state index contributed by atoms with van der Waals surface area (Å²) < 4.78 is 11.4. The van der Waals surface area contributed by atoms with E-state index in [0.29, 0.717) is 6.04 Å². The molecule has 0 spiro atoms. The zero-order chi connectivity index (χ0) is 16.6. The molecular weight excluding hydrogens is 300 g/mol. The van der Waals surface area contributed by atoms with Gasteiger partial charge in [-0.25, -0.2) is 0 Å². The van der Waals surface area contributed by atoms with Crippen molar-refractivity contribution in [3.8, 4) is 5.75 Å². The first-order chi connectivity index (χ1) is 11.9. The van der Waals surface area contributed by atoms with E-state index in [1.807, 2.05) is 42.7 Å². The molecule has 0 amide bonds. The lowest BCUT2D eigenvalue weighted by molar-refractivity contribution is -0.00970. The van der Waals surface area contributed by atoms with Crippen molar-refractivity contribution >= 4 is 6.08 Å². The van der Waals surface area contributed by atoms with Crippen molar-refractivity contribution in [3.05, 3.63) is 66.0 Å². The van der Waals surface area contributed by atoms with E-state index in [4.69, 9.17) is 9.47 Å². The fraction of sp³-hybridized carbons (Fsp3) is 0.350. The van der Waals surface area contributed by atoms with E-state index >= 15 is 0 Å². The second kappa shape index (κ2) is 8.62. The topological polar surface area (TPSA) is 43.4 Å². The average Bonchev–Trinajstić information content (AvgIpc) is 2.66. The van der Waals surface area contributed by atoms with Crippen LogP contribution < -0.4 is 10.1 Å². The summed E-state index contributed by atoms with van der Waals surface area (Å²) in [7, 11) is 1.70. The summed E-state index contributed by atoms with van der Waals surface area (Å²) in [4.78, 5) is 4.09. The van der Waals surface area contributed by atoms with Crippen molar-refractivity contribution in [1.82, 2.24) is 10.3 Å².